The molecule has 3 amide bonds. The second-order valence-electron chi connectivity index (χ2n) is 7.36. The molecule has 144 valence electrons. The molecule has 7 nitrogen and oxygen atoms in total. The molecule has 1 aromatic carbocycles. The summed E-state index contributed by atoms with van der Waals surface area (Å²) >= 11 is 1.43. The van der Waals surface area contributed by atoms with Crippen LogP contribution in [0.1, 0.15) is 37.0 Å². The van der Waals surface area contributed by atoms with Crippen molar-refractivity contribution in [2.75, 3.05) is 12.3 Å². The molecule has 1 fully saturated rings. The number of hydrogen-bond acceptors (Lipinski definition) is 6. The second kappa shape index (κ2) is 7.34. The predicted octanol–water partition coefficient (Wildman–Crippen LogP) is 3.47. The van der Waals surface area contributed by atoms with Crippen LogP contribution in [0.25, 0.3) is 11.5 Å². The van der Waals surface area contributed by atoms with E-state index in [0.717, 1.165) is 16.7 Å². The van der Waals surface area contributed by atoms with Gasteiger partial charge in [-0.15, -0.1) is 10.2 Å². The molecule has 0 radical (unpaired) electrons. The highest BCUT2D eigenvalue weighted by atomic mass is 32.2. The van der Waals surface area contributed by atoms with Gasteiger partial charge in [0.15, 0.2) is 0 Å². The van der Waals surface area contributed by atoms with Crippen LogP contribution < -0.4 is 5.32 Å². The van der Waals surface area contributed by atoms with Gasteiger partial charge in [-0.2, -0.15) is 0 Å². The molecule has 1 N–H and O–H groups in total. The highest BCUT2D eigenvalue weighted by molar-refractivity contribution is 7.99. The molecular formula is C19H24N4O3S. The van der Waals surface area contributed by atoms with E-state index in [2.05, 4.69) is 34.6 Å². The van der Waals surface area contributed by atoms with Crippen LogP contribution in [0.4, 0.5) is 4.79 Å². The van der Waals surface area contributed by atoms with E-state index in [4.69, 9.17) is 4.42 Å². The van der Waals surface area contributed by atoms with E-state index in [9.17, 15) is 9.59 Å². The van der Waals surface area contributed by atoms with E-state index in [-0.39, 0.29) is 11.9 Å². The number of thioether (sulfide) groups is 1. The molecule has 0 unspecified atom stereocenters. The average molecular weight is 388 g/mol. The lowest BCUT2D eigenvalue weighted by atomic mass is 10.00. The summed E-state index contributed by atoms with van der Waals surface area (Å²) < 4.78 is 5.80. The number of carbonyl (C=O) groups is 2. The summed E-state index contributed by atoms with van der Waals surface area (Å²) in [6.45, 7) is 9.91. The van der Waals surface area contributed by atoms with Gasteiger partial charge in [0.2, 0.25) is 5.89 Å². The predicted molar refractivity (Wildman–Crippen MR) is 104 cm³/mol. The summed E-state index contributed by atoms with van der Waals surface area (Å²) in [7, 11) is 0. The quantitative estimate of drug-likeness (QED) is 0.463. The van der Waals surface area contributed by atoms with Gasteiger partial charge in [-0.25, -0.2) is 4.79 Å². The number of benzene rings is 1. The first-order chi connectivity index (χ1) is 12.7. The molecule has 1 aliphatic heterocycles. The van der Waals surface area contributed by atoms with Crippen molar-refractivity contribution in [3.05, 3.63) is 28.8 Å². The first-order valence-electron chi connectivity index (χ1n) is 8.87. The average Bonchev–Trinajstić information content (AvgIpc) is 3.07. The zero-order valence-corrected chi connectivity index (χ0v) is 17.1. The number of imide groups is 1. The van der Waals surface area contributed by atoms with Crippen LogP contribution in [0.15, 0.2) is 21.8 Å². The summed E-state index contributed by atoms with van der Waals surface area (Å²) in [4.78, 5) is 25.3. The van der Waals surface area contributed by atoms with Gasteiger partial charge in [0.05, 0.1) is 0 Å². The molecule has 0 spiro atoms. The van der Waals surface area contributed by atoms with E-state index in [1.54, 1.807) is 13.8 Å². The van der Waals surface area contributed by atoms with Gasteiger partial charge in [-0.05, 0) is 52.2 Å². The standard InChI is InChI=1S/C19H24N4O3S/c1-11-9-12(2)14(13(3)10-11)15-21-22-18(26-15)27-8-6-7-23-16(24)19(4,5)20-17(23)25/h9-10H,6-8H2,1-5H3,(H,20,25). The summed E-state index contributed by atoms with van der Waals surface area (Å²) in [5.74, 6) is 0.997. The topological polar surface area (TPSA) is 88.3 Å². The number of rotatable bonds is 6. The molecule has 27 heavy (non-hydrogen) atoms. The number of hydrogen-bond donors (Lipinski definition) is 1. The van der Waals surface area contributed by atoms with Crippen molar-refractivity contribution in [2.45, 2.75) is 51.8 Å². The molecule has 8 heteroatoms. The van der Waals surface area contributed by atoms with Crippen molar-refractivity contribution in [3.63, 3.8) is 0 Å². The van der Waals surface area contributed by atoms with Crippen molar-refractivity contribution in [1.29, 1.82) is 0 Å². The number of nitrogens with zero attached hydrogens (tertiary/aromatic N) is 3. The Labute approximate surface area is 162 Å². The minimum atomic E-state index is -0.824. The normalized spacial score (nSPS) is 16.1. The summed E-state index contributed by atoms with van der Waals surface area (Å²) in [6, 6.07) is 3.86. The van der Waals surface area contributed by atoms with Crippen molar-refractivity contribution in [3.8, 4) is 11.5 Å². The van der Waals surface area contributed by atoms with Crippen LogP contribution in [0.5, 0.6) is 0 Å². The Morgan fingerprint density at radius 2 is 1.81 bits per heavy atom. The maximum absolute atomic E-state index is 12.1. The molecule has 0 saturated carbocycles. The van der Waals surface area contributed by atoms with Gasteiger partial charge in [0.25, 0.3) is 11.1 Å². The Morgan fingerprint density at radius 1 is 1.15 bits per heavy atom. The van der Waals surface area contributed by atoms with E-state index >= 15 is 0 Å². The van der Waals surface area contributed by atoms with Gasteiger partial charge >= 0.3 is 6.03 Å². The maximum atomic E-state index is 12.1. The summed E-state index contributed by atoms with van der Waals surface area (Å²) in [5, 5.41) is 11.4. The van der Waals surface area contributed by atoms with Gasteiger partial charge < -0.3 is 9.73 Å². The van der Waals surface area contributed by atoms with Crippen molar-refractivity contribution in [2.24, 2.45) is 0 Å². The Balaban J connectivity index is 1.57. The van der Waals surface area contributed by atoms with Crippen LogP contribution in [-0.2, 0) is 4.79 Å². The van der Waals surface area contributed by atoms with Crippen LogP contribution in [0, 0.1) is 20.8 Å². The van der Waals surface area contributed by atoms with Gasteiger partial charge in [-0.1, -0.05) is 29.5 Å². The fourth-order valence-electron chi connectivity index (χ4n) is 3.29. The fraction of sp³-hybridized carbons (Fsp3) is 0.474. The number of amides is 3. The molecule has 0 bridgehead atoms. The minimum absolute atomic E-state index is 0.192. The third-order valence-corrected chi connectivity index (χ3v) is 5.40. The largest absolute Gasteiger partial charge is 0.411 e. The first-order valence-corrected chi connectivity index (χ1v) is 9.86. The monoisotopic (exact) mass is 388 g/mol. The Kier molecular flexibility index (Phi) is 5.28. The van der Waals surface area contributed by atoms with E-state index in [0.29, 0.717) is 29.8 Å². The smallest absolute Gasteiger partial charge is 0.325 e. The lowest BCUT2D eigenvalue weighted by Gasteiger charge is -2.15. The zero-order chi connectivity index (χ0) is 19.8. The molecule has 0 atom stereocenters. The number of nitrogens with one attached hydrogen (secondary N) is 1. The summed E-state index contributed by atoms with van der Waals surface area (Å²) in [6.07, 6.45) is 0.653. The maximum Gasteiger partial charge on any atom is 0.325 e. The lowest BCUT2D eigenvalue weighted by molar-refractivity contribution is -0.130. The van der Waals surface area contributed by atoms with Crippen LogP contribution in [0.3, 0.4) is 0 Å². The number of carbonyl (C=O) groups excluding carboxylic acids is 2. The third kappa shape index (κ3) is 4.00. The molecule has 2 aromatic rings. The summed E-state index contributed by atoms with van der Waals surface area (Å²) in [5.41, 5.74) is 3.56. The molecule has 1 aromatic heterocycles. The number of aromatic nitrogens is 2. The number of urea groups is 1. The second-order valence-corrected chi connectivity index (χ2v) is 8.41. The van der Waals surface area contributed by atoms with E-state index < -0.39 is 5.54 Å². The van der Waals surface area contributed by atoms with Gasteiger partial charge in [0.1, 0.15) is 5.54 Å². The molecular weight excluding hydrogens is 364 g/mol. The molecule has 3 rings (SSSR count). The highest BCUT2D eigenvalue weighted by Gasteiger charge is 2.43. The minimum Gasteiger partial charge on any atom is -0.411 e. The Morgan fingerprint density at radius 3 is 2.41 bits per heavy atom. The van der Waals surface area contributed by atoms with Crippen LogP contribution >= 0.6 is 11.8 Å². The SMILES string of the molecule is Cc1cc(C)c(-c2nnc(SCCCN3C(=O)NC(C)(C)C3=O)o2)c(C)c1. The first kappa shape index (κ1) is 19.4. The van der Waals surface area contributed by atoms with Crippen molar-refractivity contribution >= 4 is 23.7 Å². The molecule has 0 aliphatic carbocycles. The molecule has 1 aliphatic rings. The lowest BCUT2D eigenvalue weighted by Crippen LogP contribution is -2.40. The van der Waals surface area contributed by atoms with Crippen LogP contribution in [0.2, 0.25) is 0 Å². The van der Waals surface area contributed by atoms with E-state index in [1.165, 1.54) is 22.2 Å². The molecule has 1 saturated heterocycles. The van der Waals surface area contributed by atoms with Gasteiger partial charge in [0, 0.05) is 17.9 Å². The van der Waals surface area contributed by atoms with Crippen molar-refractivity contribution < 1.29 is 14.0 Å². The zero-order valence-electron chi connectivity index (χ0n) is 16.3. The van der Waals surface area contributed by atoms with E-state index in [1.807, 2.05) is 13.8 Å². The Bertz CT molecular complexity index is 868. The number of aryl methyl sites for hydroxylation is 3. The molecule has 2 heterocycles. The Hall–Kier alpha value is -2.35. The fourth-order valence-corrected chi connectivity index (χ4v) is 3.97. The van der Waals surface area contributed by atoms with Gasteiger partial charge in [-0.3, -0.25) is 9.69 Å². The highest BCUT2D eigenvalue weighted by Crippen LogP contribution is 2.29. The third-order valence-electron chi connectivity index (χ3n) is 4.49. The van der Waals surface area contributed by atoms with Crippen molar-refractivity contribution in [1.82, 2.24) is 20.4 Å². The van der Waals surface area contributed by atoms with Crippen LogP contribution in [-0.4, -0.2) is 44.9 Å².